The number of esters is 1. The number of ether oxygens (including phenoxy) is 1. The van der Waals surface area contributed by atoms with Crippen LogP contribution < -0.4 is 10.6 Å². The quantitative estimate of drug-likeness (QED) is 0.570. The van der Waals surface area contributed by atoms with Gasteiger partial charge in [0.05, 0.1) is 24.1 Å². The maximum atomic E-state index is 12.0. The van der Waals surface area contributed by atoms with E-state index in [9.17, 15) is 4.79 Å². The lowest BCUT2D eigenvalue weighted by molar-refractivity contribution is -0.156. The smallest absolute Gasteiger partial charge is 0.320 e. The average Bonchev–Trinajstić information content (AvgIpc) is 2.67. The summed E-state index contributed by atoms with van der Waals surface area (Å²) in [6.07, 6.45) is 4.07. The molecule has 160 valence electrons. The summed E-state index contributed by atoms with van der Waals surface area (Å²) in [4.78, 5) is 23.9. The fraction of sp³-hybridized carbons (Fsp3) is 0.667. The van der Waals surface area contributed by atoms with E-state index in [4.69, 9.17) is 22.7 Å². The highest BCUT2D eigenvalue weighted by atomic mass is 32.1. The molecule has 2 aliphatic rings. The Morgan fingerprint density at radius 2 is 1.83 bits per heavy atom. The van der Waals surface area contributed by atoms with Crippen molar-refractivity contribution >= 4 is 28.9 Å². The Morgan fingerprint density at radius 1 is 1.17 bits per heavy atom. The van der Waals surface area contributed by atoms with Crippen LogP contribution in [-0.4, -0.2) is 83.2 Å². The van der Waals surface area contributed by atoms with E-state index in [1.807, 2.05) is 39.1 Å². The number of piperidine rings is 1. The van der Waals surface area contributed by atoms with Crippen LogP contribution in [-0.2, 0) is 9.53 Å². The van der Waals surface area contributed by atoms with Gasteiger partial charge in [-0.15, -0.1) is 0 Å². The van der Waals surface area contributed by atoms with Crippen molar-refractivity contribution in [1.82, 2.24) is 14.8 Å². The molecule has 0 saturated carbocycles. The molecule has 3 rings (SSSR count). The minimum absolute atomic E-state index is 0.125. The maximum Gasteiger partial charge on any atom is 0.320 e. The Hall–Kier alpha value is -1.77. The molecule has 0 bridgehead atoms. The lowest BCUT2D eigenvalue weighted by Crippen LogP contribution is -2.53. The number of nitrogens with two attached hydrogens (primary N) is 1. The summed E-state index contributed by atoms with van der Waals surface area (Å²) >= 11 is 4.97. The summed E-state index contributed by atoms with van der Waals surface area (Å²) in [6.45, 7) is 12.1. The van der Waals surface area contributed by atoms with Gasteiger partial charge >= 0.3 is 5.97 Å². The number of nitrogens with zero attached hydrogens (tertiary/aromatic N) is 4. The molecule has 2 fully saturated rings. The van der Waals surface area contributed by atoms with E-state index in [0.29, 0.717) is 23.3 Å². The van der Waals surface area contributed by atoms with Gasteiger partial charge in [-0.1, -0.05) is 12.2 Å². The second-order valence-electron chi connectivity index (χ2n) is 8.88. The summed E-state index contributed by atoms with van der Waals surface area (Å²) in [5.74, 6) is -0.125. The highest BCUT2D eigenvalue weighted by molar-refractivity contribution is 7.80. The summed E-state index contributed by atoms with van der Waals surface area (Å²) in [5.41, 5.74) is 7.00. The summed E-state index contributed by atoms with van der Waals surface area (Å²) in [6, 6.07) is 4.54. The maximum absolute atomic E-state index is 12.0. The lowest BCUT2D eigenvalue weighted by Gasteiger charge is -2.43. The molecule has 0 unspecified atom stereocenters. The monoisotopic (exact) mass is 419 g/mol. The van der Waals surface area contributed by atoms with E-state index in [1.165, 1.54) is 0 Å². The molecule has 1 aromatic rings. The van der Waals surface area contributed by atoms with Crippen LogP contribution in [0.2, 0.25) is 0 Å². The van der Waals surface area contributed by atoms with Gasteiger partial charge in [-0.25, -0.2) is 0 Å². The predicted molar refractivity (Wildman–Crippen MR) is 119 cm³/mol. The number of anilines is 1. The number of hydrogen-bond donors (Lipinski definition) is 1. The summed E-state index contributed by atoms with van der Waals surface area (Å²) in [7, 11) is 0. The largest absolute Gasteiger partial charge is 0.459 e. The molecule has 29 heavy (non-hydrogen) atoms. The Morgan fingerprint density at radius 3 is 2.34 bits per heavy atom. The third-order valence-corrected chi connectivity index (χ3v) is 5.74. The van der Waals surface area contributed by atoms with E-state index < -0.39 is 5.60 Å². The van der Waals surface area contributed by atoms with Gasteiger partial charge in [0.2, 0.25) is 0 Å². The molecule has 7 nitrogen and oxygen atoms in total. The molecule has 3 heterocycles. The van der Waals surface area contributed by atoms with Crippen molar-refractivity contribution in [2.45, 2.75) is 45.3 Å². The zero-order valence-electron chi connectivity index (χ0n) is 17.8. The Kier molecular flexibility index (Phi) is 7.08. The minimum Gasteiger partial charge on any atom is -0.459 e. The molecule has 2 saturated heterocycles. The number of likely N-dealkylation sites (tertiary alicyclic amines) is 1. The van der Waals surface area contributed by atoms with Gasteiger partial charge in [0, 0.05) is 45.3 Å². The average molecular weight is 420 g/mol. The number of hydrogen-bond acceptors (Lipinski definition) is 7. The van der Waals surface area contributed by atoms with Crippen molar-refractivity contribution in [3.05, 3.63) is 24.0 Å². The van der Waals surface area contributed by atoms with Crippen LogP contribution in [0.5, 0.6) is 0 Å². The summed E-state index contributed by atoms with van der Waals surface area (Å²) < 4.78 is 5.44. The van der Waals surface area contributed by atoms with Crippen LogP contribution >= 0.6 is 12.2 Å². The molecule has 0 amide bonds. The Bertz CT molecular complexity index is 703. The van der Waals surface area contributed by atoms with Crippen LogP contribution in [0.15, 0.2) is 18.3 Å². The minimum atomic E-state index is -0.416. The molecule has 0 spiro atoms. The van der Waals surface area contributed by atoms with Gasteiger partial charge in [-0.2, -0.15) is 0 Å². The van der Waals surface area contributed by atoms with Gasteiger partial charge in [0.1, 0.15) is 10.6 Å². The highest BCUT2D eigenvalue weighted by Crippen LogP contribution is 2.21. The normalized spacial score (nSPS) is 19.9. The first-order chi connectivity index (χ1) is 13.7. The zero-order chi connectivity index (χ0) is 21.0. The third kappa shape index (κ3) is 6.35. The van der Waals surface area contributed by atoms with E-state index in [2.05, 4.69) is 19.7 Å². The van der Waals surface area contributed by atoms with E-state index in [0.717, 1.165) is 57.8 Å². The van der Waals surface area contributed by atoms with Crippen molar-refractivity contribution in [3.63, 3.8) is 0 Å². The highest BCUT2D eigenvalue weighted by Gasteiger charge is 2.29. The molecule has 0 aliphatic carbocycles. The molecule has 0 atom stereocenters. The van der Waals surface area contributed by atoms with E-state index in [-0.39, 0.29) is 5.97 Å². The van der Waals surface area contributed by atoms with Gasteiger partial charge in [-0.3, -0.25) is 19.6 Å². The molecule has 0 aromatic carbocycles. The number of carbonyl (C=O) groups is 1. The SMILES string of the molecule is CC(C)(C)OC(=O)CN1CCC(N2CCN(c3ccc(C(N)=S)nc3)CC2)CC1. The molecular weight excluding hydrogens is 386 g/mol. The molecule has 8 heteroatoms. The first kappa shape index (κ1) is 21.9. The molecular formula is C21H33N5O2S. The number of pyridine rings is 1. The van der Waals surface area contributed by atoms with Crippen LogP contribution in [0.4, 0.5) is 5.69 Å². The summed E-state index contributed by atoms with van der Waals surface area (Å²) in [5, 5.41) is 0. The van der Waals surface area contributed by atoms with Crippen LogP contribution in [0.25, 0.3) is 0 Å². The molecule has 2 aliphatic heterocycles. The van der Waals surface area contributed by atoms with Crippen LogP contribution in [0.3, 0.4) is 0 Å². The van der Waals surface area contributed by atoms with Crippen molar-refractivity contribution in [2.24, 2.45) is 5.73 Å². The molecule has 2 N–H and O–H groups in total. The van der Waals surface area contributed by atoms with E-state index >= 15 is 0 Å². The fourth-order valence-corrected chi connectivity index (χ4v) is 4.18. The number of carbonyl (C=O) groups excluding carboxylic acids is 1. The van der Waals surface area contributed by atoms with Crippen LogP contribution in [0, 0.1) is 0 Å². The molecule has 1 aromatic heterocycles. The van der Waals surface area contributed by atoms with Gasteiger partial charge in [0.15, 0.2) is 0 Å². The van der Waals surface area contributed by atoms with Gasteiger partial charge in [0.25, 0.3) is 0 Å². The van der Waals surface area contributed by atoms with Gasteiger partial charge in [-0.05, 0) is 45.7 Å². The second-order valence-corrected chi connectivity index (χ2v) is 9.32. The van der Waals surface area contributed by atoms with Crippen molar-refractivity contribution in [2.75, 3.05) is 50.7 Å². The number of rotatable bonds is 5. The Balaban J connectivity index is 1.42. The zero-order valence-corrected chi connectivity index (χ0v) is 18.6. The molecule has 0 radical (unpaired) electrons. The van der Waals surface area contributed by atoms with E-state index in [1.54, 1.807) is 0 Å². The standard InChI is InChI=1S/C21H33N5O2S/c1-21(2,3)28-19(27)15-24-8-6-16(7-9-24)25-10-12-26(13-11-25)17-4-5-18(20(22)29)23-14-17/h4-5,14,16H,6-13,15H2,1-3H3,(H2,22,29). The first-order valence-electron chi connectivity index (χ1n) is 10.4. The Labute approximate surface area is 179 Å². The fourth-order valence-electron chi connectivity index (χ4n) is 4.06. The lowest BCUT2D eigenvalue weighted by atomic mass is 10.0. The van der Waals surface area contributed by atoms with Crippen LogP contribution in [0.1, 0.15) is 39.3 Å². The number of aromatic nitrogens is 1. The third-order valence-electron chi connectivity index (χ3n) is 5.53. The van der Waals surface area contributed by atoms with Crippen molar-refractivity contribution in [3.8, 4) is 0 Å². The topological polar surface area (TPSA) is 74.9 Å². The van der Waals surface area contributed by atoms with Crippen molar-refractivity contribution in [1.29, 1.82) is 0 Å². The van der Waals surface area contributed by atoms with Gasteiger partial charge < -0.3 is 15.4 Å². The second kappa shape index (κ2) is 9.36. The predicted octanol–water partition coefficient (Wildman–Crippen LogP) is 1.64. The first-order valence-corrected chi connectivity index (χ1v) is 10.8. The number of thiocarbonyl (C=S) groups is 1. The number of piperazine rings is 1. The van der Waals surface area contributed by atoms with Crippen molar-refractivity contribution < 1.29 is 9.53 Å².